The smallest absolute Gasteiger partial charge is 0.182 e. The third kappa shape index (κ3) is 5.02. The first kappa shape index (κ1) is 13.4. The van der Waals surface area contributed by atoms with Gasteiger partial charge in [0.15, 0.2) is 11.6 Å². The topological polar surface area (TPSA) is 64.1 Å². The summed E-state index contributed by atoms with van der Waals surface area (Å²) in [6, 6.07) is 0. The Morgan fingerprint density at radius 3 is 2.08 bits per heavy atom. The molecular formula is C6H15F2N3S2. The van der Waals surface area contributed by atoms with Crippen LogP contribution in [0.3, 0.4) is 0 Å². The van der Waals surface area contributed by atoms with Crippen LogP contribution in [0.2, 0.25) is 0 Å². The van der Waals surface area contributed by atoms with Crippen molar-refractivity contribution in [2.45, 2.75) is 11.6 Å². The molecule has 1 unspecified atom stereocenters. The van der Waals surface area contributed by atoms with Crippen LogP contribution < -0.4 is 16.8 Å². The largest absolute Gasteiger partial charge is 0.326 e. The van der Waals surface area contributed by atoms with E-state index in [2.05, 4.69) is 30.6 Å². The summed E-state index contributed by atoms with van der Waals surface area (Å²) in [5, 5.41) is 2.27. The molecule has 0 aliphatic carbocycles. The van der Waals surface area contributed by atoms with Gasteiger partial charge in [-0.3, -0.25) is 11.1 Å². The van der Waals surface area contributed by atoms with Crippen molar-refractivity contribution in [2.24, 2.45) is 11.5 Å². The van der Waals surface area contributed by atoms with Crippen LogP contribution in [0.25, 0.3) is 0 Å². The molecule has 0 saturated heterocycles. The molecule has 2 atom stereocenters. The van der Waals surface area contributed by atoms with E-state index in [4.69, 9.17) is 11.5 Å². The maximum absolute atomic E-state index is 13.4. The van der Waals surface area contributed by atoms with Gasteiger partial charge in [-0.05, 0) is 0 Å². The standard InChI is InChI=1S/C6H15F2N3S2/c7-5(10,3-12)2-11-6(8,1-9)4-13/h11-13H,1-4,9-10H2/t5?,6-/m1/s1. The Kier molecular flexibility index (Phi) is 5.53. The van der Waals surface area contributed by atoms with Gasteiger partial charge in [-0.2, -0.15) is 25.3 Å². The fraction of sp³-hybridized carbons (Fsp3) is 1.00. The Labute approximate surface area is 87.4 Å². The van der Waals surface area contributed by atoms with Crippen molar-refractivity contribution in [3.8, 4) is 0 Å². The maximum Gasteiger partial charge on any atom is 0.182 e. The van der Waals surface area contributed by atoms with E-state index in [1.165, 1.54) is 0 Å². The van der Waals surface area contributed by atoms with Gasteiger partial charge < -0.3 is 5.73 Å². The zero-order valence-electron chi connectivity index (χ0n) is 7.13. The van der Waals surface area contributed by atoms with Gasteiger partial charge in [-0.25, -0.2) is 8.78 Å². The molecule has 0 bridgehead atoms. The van der Waals surface area contributed by atoms with Crippen LogP contribution >= 0.6 is 25.3 Å². The summed E-state index contributed by atoms with van der Waals surface area (Å²) in [5.74, 6) is -4.22. The number of hydrogen-bond acceptors (Lipinski definition) is 5. The molecule has 0 spiro atoms. The number of thiol groups is 2. The summed E-state index contributed by atoms with van der Waals surface area (Å²) in [6.07, 6.45) is 0. The number of nitrogens with two attached hydrogens (primary N) is 2. The van der Waals surface area contributed by atoms with Crippen molar-refractivity contribution in [1.29, 1.82) is 0 Å². The van der Waals surface area contributed by atoms with Crippen LogP contribution in [-0.4, -0.2) is 36.2 Å². The van der Waals surface area contributed by atoms with E-state index >= 15 is 0 Å². The minimum absolute atomic E-state index is 0.133. The lowest BCUT2D eigenvalue weighted by Crippen LogP contribution is -2.56. The Hall–Kier alpha value is 0.440. The molecule has 0 amide bonds. The molecule has 0 saturated carbocycles. The van der Waals surface area contributed by atoms with Gasteiger partial charge in [-0.1, -0.05) is 0 Å². The molecule has 3 nitrogen and oxygen atoms in total. The van der Waals surface area contributed by atoms with Crippen LogP contribution in [-0.2, 0) is 0 Å². The fourth-order valence-electron chi connectivity index (χ4n) is 0.554. The first-order valence-electron chi connectivity index (χ1n) is 3.73. The Morgan fingerprint density at radius 1 is 1.23 bits per heavy atom. The predicted octanol–water partition coefficient (Wildman–Crippen LogP) is -0.315. The minimum Gasteiger partial charge on any atom is -0.326 e. The second kappa shape index (κ2) is 5.35. The molecule has 0 aromatic carbocycles. The molecule has 0 aliphatic rings. The maximum atomic E-state index is 13.4. The van der Waals surface area contributed by atoms with Crippen LogP contribution in [0, 0.1) is 0 Å². The number of alkyl halides is 2. The SMILES string of the molecule is NC[C@](F)(CS)NCC(N)(F)CS. The van der Waals surface area contributed by atoms with Crippen molar-refractivity contribution in [1.82, 2.24) is 5.32 Å². The molecule has 0 aliphatic heterocycles. The molecule has 0 fully saturated rings. The number of halogens is 2. The van der Waals surface area contributed by atoms with Crippen LogP contribution in [0.1, 0.15) is 0 Å². The molecular weight excluding hydrogens is 216 g/mol. The summed E-state index contributed by atoms with van der Waals surface area (Å²) in [4.78, 5) is 0. The monoisotopic (exact) mass is 231 g/mol. The normalized spacial score (nSPS) is 20.8. The highest BCUT2D eigenvalue weighted by Gasteiger charge is 2.30. The van der Waals surface area contributed by atoms with Gasteiger partial charge in [0.2, 0.25) is 0 Å². The van der Waals surface area contributed by atoms with E-state index in [1.807, 2.05) is 0 Å². The minimum atomic E-state index is -2.03. The number of rotatable bonds is 6. The van der Waals surface area contributed by atoms with Gasteiger partial charge in [0.05, 0.1) is 0 Å². The predicted molar refractivity (Wildman–Crippen MR) is 56.6 cm³/mol. The molecule has 0 aromatic rings. The summed E-state index contributed by atoms with van der Waals surface area (Å²) < 4.78 is 26.4. The Morgan fingerprint density at radius 2 is 1.77 bits per heavy atom. The molecule has 7 heteroatoms. The van der Waals surface area contributed by atoms with Crippen molar-refractivity contribution in [3.05, 3.63) is 0 Å². The summed E-state index contributed by atoms with van der Waals surface area (Å²) in [7, 11) is 0. The second-order valence-electron chi connectivity index (χ2n) is 2.87. The molecule has 0 heterocycles. The van der Waals surface area contributed by atoms with Gasteiger partial charge >= 0.3 is 0 Å². The lowest BCUT2D eigenvalue weighted by atomic mass is 10.2. The molecule has 0 radical (unpaired) electrons. The van der Waals surface area contributed by atoms with Gasteiger partial charge in [0.1, 0.15) is 0 Å². The zero-order chi connectivity index (χ0) is 10.5. The average Bonchev–Trinajstić information content (AvgIpc) is 2.14. The third-order valence-electron chi connectivity index (χ3n) is 1.54. The summed E-state index contributed by atoms with van der Waals surface area (Å²) in [6.45, 7) is -0.621. The highest BCUT2D eigenvalue weighted by molar-refractivity contribution is 7.80. The van der Waals surface area contributed by atoms with E-state index < -0.39 is 11.6 Å². The van der Waals surface area contributed by atoms with Crippen molar-refractivity contribution in [3.63, 3.8) is 0 Å². The summed E-state index contributed by atoms with van der Waals surface area (Å²) in [5.41, 5.74) is 10.2. The average molecular weight is 231 g/mol. The van der Waals surface area contributed by atoms with E-state index in [0.29, 0.717) is 0 Å². The molecule has 0 aromatic heterocycles. The lowest BCUT2D eigenvalue weighted by molar-refractivity contribution is 0.110. The van der Waals surface area contributed by atoms with E-state index in [9.17, 15) is 8.78 Å². The van der Waals surface area contributed by atoms with Crippen LogP contribution in [0.15, 0.2) is 0 Å². The molecule has 0 rings (SSSR count). The fourth-order valence-corrected chi connectivity index (χ4v) is 0.907. The van der Waals surface area contributed by atoms with Crippen LogP contribution in [0.5, 0.6) is 0 Å². The van der Waals surface area contributed by atoms with E-state index in [-0.39, 0.29) is 24.6 Å². The molecule has 80 valence electrons. The summed E-state index contributed by atoms with van der Waals surface area (Å²) >= 11 is 7.42. The van der Waals surface area contributed by atoms with Gasteiger partial charge in [-0.15, -0.1) is 0 Å². The Bertz CT molecular complexity index is 153. The Balaban J connectivity index is 3.99. The lowest BCUT2D eigenvalue weighted by Gasteiger charge is -2.27. The zero-order valence-corrected chi connectivity index (χ0v) is 8.92. The first-order valence-corrected chi connectivity index (χ1v) is 4.99. The van der Waals surface area contributed by atoms with E-state index in [0.717, 1.165) is 0 Å². The van der Waals surface area contributed by atoms with E-state index in [1.54, 1.807) is 0 Å². The number of nitrogens with one attached hydrogen (secondary N) is 1. The third-order valence-corrected chi connectivity index (χ3v) is 2.56. The second-order valence-corrected chi connectivity index (χ2v) is 3.51. The number of hydrogen-bond donors (Lipinski definition) is 5. The highest BCUT2D eigenvalue weighted by Crippen LogP contribution is 2.10. The highest BCUT2D eigenvalue weighted by atomic mass is 32.1. The first-order chi connectivity index (χ1) is 5.89. The molecule has 13 heavy (non-hydrogen) atoms. The van der Waals surface area contributed by atoms with Crippen molar-refractivity contribution < 1.29 is 8.78 Å². The van der Waals surface area contributed by atoms with Crippen LogP contribution in [0.4, 0.5) is 8.78 Å². The van der Waals surface area contributed by atoms with Gasteiger partial charge in [0, 0.05) is 24.6 Å². The van der Waals surface area contributed by atoms with Crippen molar-refractivity contribution in [2.75, 3.05) is 24.6 Å². The van der Waals surface area contributed by atoms with Gasteiger partial charge in [0.25, 0.3) is 0 Å². The quantitative estimate of drug-likeness (QED) is 0.322. The molecule has 5 N–H and O–H groups in total. The van der Waals surface area contributed by atoms with Crippen molar-refractivity contribution >= 4 is 25.3 Å².